The first-order valence-corrected chi connectivity index (χ1v) is 7.87. The maximum absolute atomic E-state index is 11.8. The van der Waals surface area contributed by atoms with Gasteiger partial charge in [-0.3, -0.25) is 15.6 Å². The van der Waals surface area contributed by atoms with E-state index in [-0.39, 0.29) is 5.91 Å². The number of furan rings is 1. The highest BCUT2D eigenvalue weighted by atomic mass is 32.1. The number of nitrogens with one attached hydrogen (secondary N) is 3. The van der Waals surface area contributed by atoms with Crippen LogP contribution in [0.2, 0.25) is 0 Å². The first-order chi connectivity index (χ1) is 10.1. The van der Waals surface area contributed by atoms with Crippen LogP contribution in [0.1, 0.15) is 55.6 Å². The zero-order valence-corrected chi connectivity index (χ0v) is 13.8. The molecule has 118 valence electrons. The van der Waals surface area contributed by atoms with Gasteiger partial charge in [0.15, 0.2) is 5.11 Å². The standard InChI is InChI=1S/C15H25N3O2S/c1-4-6-7-12(5-2)10-16-15(21)18-17-14(19)13-8-9-20-11(13)3/h8-9,12H,4-7,10H2,1-3H3,(H,17,19)(H2,16,18,21)/t12-/m0/s1. The predicted molar refractivity (Wildman–Crippen MR) is 88.0 cm³/mol. The van der Waals surface area contributed by atoms with Crippen molar-refractivity contribution in [2.75, 3.05) is 6.54 Å². The Morgan fingerprint density at radius 1 is 1.38 bits per heavy atom. The van der Waals surface area contributed by atoms with Crippen LogP contribution >= 0.6 is 12.2 Å². The molecule has 6 heteroatoms. The van der Waals surface area contributed by atoms with Crippen molar-refractivity contribution in [1.82, 2.24) is 16.2 Å². The molecule has 21 heavy (non-hydrogen) atoms. The van der Waals surface area contributed by atoms with Gasteiger partial charge >= 0.3 is 0 Å². The lowest BCUT2D eigenvalue weighted by atomic mass is 9.99. The van der Waals surface area contributed by atoms with Gasteiger partial charge in [-0.15, -0.1) is 0 Å². The minimum absolute atomic E-state index is 0.261. The lowest BCUT2D eigenvalue weighted by Gasteiger charge is -2.17. The topological polar surface area (TPSA) is 66.3 Å². The highest BCUT2D eigenvalue weighted by molar-refractivity contribution is 7.80. The van der Waals surface area contributed by atoms with Gasteiger partial charge in [0.1, 0.15) is 5.76 Å². The van der Waals surface area contributed by atoms with Crippen LogP contribution in [0.25, 0.3) is 0 Å². The highest BCUT2D eigenvalue weighted by Crippen LogP contribution is 2.11. The number of unbranched alkanes of at least 4 members (excludes halogenated alkanes) is 1. The largest absolute Gasteiger partial charge is 0.469 e. The van der Waals surface area contributed by atoms with Gasteiger partial charge in [0, 0.05) is 6.54 Å². The maximum atomic E-state index is 11.8. The van der Waals surface area contributed by atoms with E-state index in [2.05, 4.69) is 30.0 Å². The molecule has 1 heterocycles. The van der Waals surface area contributed by atoms with Crippen molar-refractivity contribution < 1.29 is 9.21 Å². The summed E-state index contributed by atoms with van der Waals surface area (Å²) >= 11 is 5.15. The maximum Gasteiger partial charge on any atom is 0.273 e. The summed E-state index contributed by atoms with van der Waals surface area (Å²) in [6.45, 7) is 6.94. The van der Waals surface area contributed by atoms with E-state index in [1.807, 2.05) is 0 Å². The Morgan fingerprint density at radius 3 is 2.71 bits per heavy atom. The first kappa shape index (κ1) is 17.5. The monoisotopic (exact) mass is 311 g/mol. The van der Waals surface area contributed by atoms with Crippen LogP contribution in [0, 0.1) is 12.8 Å². The average molecular weight is 311 g/mol. The number of aryl methyl sites for hydroxylation is 1. The normalized spacial score (nSPS) is 11.8. The Hall–Kier alpha value is -1.56. The fourth-order valence-corrected chi connectivity index (χ4v) is 2.16. The van der Waals surface area contributed by atoms with E-state index in [1.54, 1.807) is 13.0 Å². The van der Waals surface area contributed by atoms with Gasteiger partial charge in [0.25, 0.3) is 5.91 Å². The van der Waals surface area contributed by atoms with Crippen LogP contribution in [0.5, 0.6) is 0 Å². The van der Waals surface area contributed by atoms with Crippen LogP contribution in [-0.2, 0) is 0 Å². The fraction of sp³-hybridized carbons (Fsp3) is 0.600. The molecule has 0 spiro atoms. The van der Waals surface area contributed by atoms with Gasteiger partial charge in [-0.1, -0.05) is 33.1 Å². The Morgan fingerprint density at radius 2 is 2.14 bits per heavy atom. The van der Waals surface area contributed by atoms with Gasteiger partial charge in [-0.2, -0.15) is 0 Å². The van der Waals surface area contributed by atoms with Gasteiger partial charge in [-0.25, -0.2) is 0 Å². The third-order valence-corrected chi connectivity index (χ3v) is 3.73. The van der Waals surface area contributed by atoms with E-state index in [1.165, 1.54) is 25.5 Å². The summed E-state index contributed by atoms with van der Waals surface area (Å²) in [6.07, 6.45) is 6.25. The molecule has 1 atom stereocenters. The molecule has 0 aliphatic carbocycles. The van der Waals surface area contributed by atoms with Crippen LogP contribution < -0.4 is 16.2 Å². The Bertz CT molecular complexity index is 460. The van der Waals surface area contributed by atoms with Crippen molar-refractivity contribution in [2.45, 2.75) is 46.5 Å². The third kappa shape index (κ3) is 6.16. The number of hydrogen-bond donors (Lipinski definition) is 3. The van der Waals surface area contributed by atoms with Crippen molar-refractivity contribution >= 4 is 23.2 Å². The van der Waals surface area contributed by atoms with Gasteiger partial charge in [-0.05, 0) is 37.5 Å². The smallest absolute Gasteiger partial charge is 0.273 e. The highest BCUT2D eigenvalue weighted by Gasteiger charge is 2.11. The third-order valence-electron chi connectivity index (χ3n) is 3.49. The molecule has 1 aromatic heterocycles. The van der Waals surface area contributed by atoms with Crippen molar-refractivity contribution in [3.63, 3.8) is 0 Å². The summed E-state index contributed by atoms with van der Waals surface area (Å²) in [6, 6.07) is 1.63. The molecule has 0 bridgehead atoms. The first-order valence-electron chi connectivity index (χ1n) is 7.46. The quantitative estimate of drug-likeness (QED) is 0.534. The molecule has 0 aromatic carbocycles. The number of hydrogen-bond acceptors (Lipinski definition) is 3. The van der Waals surface area contributed by atoms with E-state index in [0.29, 0.717) is 22.4 Å². The van der Waals surface area contributed by atoms with Crippen LogP contribution in [0.4, 0.5) is 0 Å². The summed E-state index contributed by atoms with van der Waals surface area (Å²) in [5, 5.41) is 3.57. The number of hydrazine groups is 1. The molecule has 0 aliphatic rings. The zero-order chi connectivity index (χ0) is 15.7. The van der Waals surface area contributed by atoms with E-state index in [0.717, 1.165) is 13.0 Å². The van der Waals surface area contributed by atoms with Crippen molar-refractivity contribution in [2.24, 2.45) is 5.92 Å². The molecule has 1 aromatic rings. The fourth-order valence-electron chi connectivity index (χ4n) is 2.03. The molecule has 0 aliphatic heterocycles. The molecule has 1 amide bonds. The molecule has 0 radical (unpaired) electrons. The number of rotatable bonds is 7. The molecule has 3 N–H and O–H groups in total. The number of carbonyl (C=O) groups is 1. The molecule has 0 unspecified atom stereocenters. The second kappa shape index (κ2) is 9.39. The summed E-state index contributed by atoms with van der Waals surface area (Å²) in [5.41, 5.74) is 5.77. The summed E-state index contributed by atoms with van der Waals surface area (Å²) in [4.78, 5) is 11.8. The Labute approximate surface area is 131 Å². The second-order valence-electron chi connectivity index (χ2n) is 5.10. The van der Waals surface area contributed by atoms with Crippen molar-refractivity contribution in [3.8, 4) is 0 Å². The Balaban J connectivity index is 2.27. The summed E-state index contributed by atoms with van der Waals surface area (Å²) in [7, 11) is 0. The second-order valence-corrected chi connectivity index (χ2v) is 5.50. The lowest BCUT2D eigenvalue weighted by Crippen LogP contribution is -2.47. The predicted octanol–water partition coefficient (Wildman–Crippen LogP) is 2.91. The van der Waals surface area contributed by atoms with Crippen LogP contribution in [-0.4, -0.2) is 17.6 Å². The number of thiocarbonyl (C=S) groups is 1. The van der Waals surface area contributed by atoms with Gasteiger partial charge in [0.05, 0.1) is 11.8 Å². The molecular weight excluding hydrogens is 286 g/mol. The van der Waals surface area contributed by atoms with Crippen molar-refractivity contribution in [1.29, 1.82) is 0 Å². The van der Waals surface area contributed by atoms with Crippen LogP contribution in [0.3, 0.4) is 0 Å². The van der Waals surface area contributed by atoms with Gasteiger partial charge in [0.2, 0.25) is 0 Å². The molecular formula is C15H25N3O2S. The summed E-state index contributed by atoms with van der Waals surface area (Å²) in [5.74, 6) is 0.929. The number of amides is 1. The Kier molecular flexibility index (Phi) is 7.82. The molecule has 0 saturated heterocycles. The van der Waals surface area contributed by atoms with Crippen LogP contribution in [0.15, 0.2) is 16.7 Å². The molecule has 0 fully saturated rings. The SMILES string of the molecule is CCCC[C@H](CC)CNC(=S)NNC(=O)c1ccoc1C. The molecule has 0 saturated carbocycles. The zero-order valence-electron chi connectivity index (χ0n) is 13.0. The minimum Gasteiger partial charge on any atom is -0.469 e. The van der Waals surface area contributed by atoms with Gasteiger partial charge < -0.3 is 9.73 Å². The molecule has 5 nitrogen and oxygen atoms in total. The molecule has 1 rings (SSSR count). The lowest BCUT2D eigenvalue weighted by molar-refractivity contribution is 0.0942. The van der Waals surface area contributed by atoms with E-state index in [9.17, 15) is 4.79 Å². The van der Waals surface area contributed by atoms with E-state index in [4.69, 9.17) is 16.6 Å². The summed E-state index contributed by atoms with van der Waals surface area (Å²) < 4.78 is 5.09. The minimum atomic E-state index is -0.261. The van der Waals surface area contributed by atoms with E-state index < -0.39 is 0 Å². The van der Waals surface area contributed by atoms with Crippen molar-refractivity contribution in [3.05, 3.63) is 23.7 Å². The van der Waals surface area contributed by atoms with E-state index >= 15 is 0 Å². The number of carbonyl (C=O) groups excluding carboxylic acids is 1. The average Bonchev–Trinajstić information content (AvgIpc) is 2.91.